The van der Waals surface area contributed by atoms with E-state index < -0.39 is 5.97 Å². The van der Waals surface area contributed by atoms with E-state index in [1.54, 1.807) is 12.1 Å². The highest BCUT2D eigenvalue weighted by Crippen LogP contribution is 2.22. The van der Waals surface area contributed by atoms with Crippen LogP contribution in [0.5, 0.6) is 0 Å². The molecule has 1 fully saturated rings. The molecule has 5 heteroatoms. The average molecular weight is 252 g/mol. The number of hydrogen-bond donors (Lipinski definition) is 2. The first kappa shape index (κ1) is 12.4. The van der Waals surface area contributed by atoms with Crippen LogP contribution in [0.4, 0.5) is 0 Å². The number of aromatic carboxylic acids is 1. The number of carbonyl (C=O) groups is 1. The molecule has 0 radical (unpaired) electrons. The van der Waals surface area contributed by atoms with Crippen molar-refractivity contribution in [1.29, 1.82) is 0 Å². The fraction of sp³-hybridized carbons (Fsp3) is 0.500. The summed E-state index contributed by atoms with van der Waals surface area (Å²) in [5, 5.41) is 12.1. The Kier molecular flexibility index (Phi) is 4.39. The number of nitrogens with zero attached hydrogens (tertiary/aromatic N) is 1. The van der Waals surface area contributed by atoms with Crippen molar-refractivity contribution in [1.82, 2.24) is 10.3 Å². The maximum atomic E-state index is 10.6. The molecule has 0 aromatic carbocycles. The quantitative estimate of drug-likeness (QED) is 0.834. The van der Waals surface area contributed by atoms with Gasteiger partial charge in [-0.3, -0.25) is 4.98 Å². The van der Waals surface area contributed by atoms with Crippen LogP contribution >= 0.6 is 11.8 Å². The first-order chi connectivity index (χ1) is 8.25. The number of thioether (sulfide) groups is 1. The van der Waals surface area contributed by atoms with Crippen LogP contribution in [0.25, 0.3) is 0 Å². The Labute approximate surface area is 105 Å². The number of aromatic nitrogens is 1. The lowest BCUT2D eigenvalue weighted by Crippen LogP contribution is -2.22. The molecule has 17 heavy (non-hydrogen) atoms. The Morgan fingerprint density at radius 2 is 2.47 bits per heavy atom. The summed E-state index contributed by atoms with van der Waals surface area (Å²) in [6.07, 6.45) is 2.70. The van der Waals surface area contributed by atoms with Gasteiger partial charge in [-0.1, -0.05) is 0 Å². The lowest BCUT2D eigenvalue weighted by molar-refractivity contribution is 0.0696. The third kappa shape index (κ3) is 3.71. The Balaban J connectivity index is 1.76. The van der Waals surface area contributed by atoms with Crippen LogP contribution in [-0.2, 0) is 6.54 Å². The molecule has 0 aliphatic carbocycles. The van der Waals surface area contributed by atoms with Gasteiger partial charge in [-0.2, -0.15) is 11.8 Å². The highest BCUT2D eigenvalue weighted by atomic mass is 32.2. The van der Waals surface area contributed by atoms with Gasteiger partial charge in [0.25, 0.3) is 0 Å². The van der Waals surface area contributed by atoms with E-state index in [0.717, 1.165) is 18.2 Å². The van der Waals surface area contributed by atoms with Crippen LogP contribution in [0, 0.1) is 5.92 Å². The molecule has 1 aromatic heterocycles. The fourth-order valence-corrected chi connectivity index (χ4v) is 3.09. The van der Waals surface area contributed by atoms with E-state index in [-0.39, 0.29) is 5.56 Å². The molecular weight excluding hydrogens is 236 g/mol. The monoisotopic (exact) mass is 252 g/mol. The standard InChI is InChI=1S/C12H16N2O2S/c15-12(16)10-1-2-11(14-6-10)7-13-5-9-3-4-17-8-9/h1-2,6,9,13H,3-5,7-8H2,(H,15,16). The van der Waals surface area contributed by atoms with Crippen molar-refractivity contribution in [2.24, 2.45) is 5.92 Å². The molecular formula is C12H16N2O2S. The van der Waals surface area contributed by atoms with E-state index in [1.165, 1.54) is 24.1 Å². The van der Waals surface area contributed by atoms with Crippen molar-refractivity contribution >= 4 is 17.7 Å². The highest BCUT2D eigenvalue weighted by Gasteiger charge is 2.14. The number of hydrogen-bond acceptors (Lipinski definition) is 4. The molecule has 1 aromatic rings. The smallest absolute Gasteiger partial charge is 0.337 e. The first-order valence-corrected chi connectivity index (χ1v) is 6.88. The summed E-state index contributed by atoms with van der Waals surface area (Å²) in [5.74, 6) is 2.37. The van der Waals surface area contributed by atoms with Gasteiger partial charge >= 0.3 is 5.97 Å². The van der Waals surface area contributed by atoms with Gasteiger partial charge in [0.05, 0.1) is 11.3 Å². The summed E-state index contributed by atoms with van der Waals surface area (Å²) < 4.78 is 0. The second-order valence-electron chi connectivity index (χ2n) is 4.20. The molecule has 1 saturated heterocycles. The van der Waals surface area contributed by atoms with Crippen LogP contribution in [0.2, 0.25) is 0 Å². The maximum Gasteiger partial charge on any atom is 0.337 e. The van der Waals surface area contributed by atoms with Gasteiger partial charge in [0.2, 0.25) is 0 Å². The number of carboxylic acid groups (broad SMARTS) is 1. The predicted molar refractivity (Wildman–Crippen MR) is 68.3 cm³/mol. The van der Waals surface area contributed by atoms with Gasteiger partial charge in [-0.05, 0) is 42.5 Å². The van der Waals surface area contributed by atoms with Crippen LogP contribution in [0.3, 0.4) is 0 Å². The van der Waals surface area contributed by atoms with E-state index in [2.05, 4.69) is 10.3 Å². The molecule has 2 heterocycles. The second-order valence-corrected chi connectivity index (χ2v) is 5.35. The number of nitrogens with one attached hydrogen (secondary N) is 1. The van der Waals surface area contributed by atoms with E-state index in [0.29, 0.717) is 6.54 Å². The van der Waals surface area contributed by atoms with Crippen LogP contribution in [0.15, 0.2) is 18.3 Å². The third-order valence-corrected chi connectivity index (χ3v) is 4.07. The first-order valence-electron chi connectivity index (χ1n) is 5.72. The van der Waals surface area contributed by atoms with Gasteiger partial charge in [0.15, 0.2) is 0 Å². The zero-order valence-corrected chi connectivity index (χ0v) is 10.4. The molecule has 2 N–H and O–H groups in total. The molecule has 0 bridgehead atoms. The van der Waals surface area contributed by atoms with Crippen molar-refractivity contribution in [3.63, 3.8) is 0 Å². The van der Waals surface area contributed by atoms with Crippen molar-refractivity contribution in [2.45, 2.75) is 13.0 Å². The van der Waals surface area contributed by atoms with Gasteiger partial charge in [0.1, 0.15) is 0 Å². The zero-order chi connectivity index (χ0) is 12.1. The summed E-state index contributed by atoms with van der Waals surface area (Å²) in [4.78, 5) is 14.8. The molecule has 2 rings (SSSR count). The summed E-state index contributed by atoms with van der Waals surface area (Å²) >= 11 is 2.01. The van der Waals surface area contributed by atoms with E-state index in [4.69, 9.17) is 5.11 Å². The van der Waals surface area contributed by atoms with Crippen molar-refractivity contribution in [3.05, 3.63) is 29.6 Å². The van der Waals surface area contributed by atoms with E-state index in [9.17, 15) is 4.79 Å². The average Bonchev–Trinajstić information content (AvgIpc) is 2.83. The van der Waals surface area contributed by atoms with Crippen LogP contribution in [-0.4, -0.2) is 34.1 Å². The van der Waals surface area contributed by atoms with Gasteiger partial charge in [0, 0.05) is 12.7 Å². The predicted octanol–water partition coefficient (Wildman–Crippen LogP) is 1.62. The Morgan fingerprint density at radius 3 is 3.06 bits per heavy atom. The van der Waals surface area contributed by atoms with Crippen molar-refractivity contribution < 1.29 is 9.90 Å². The Hall–Kier alpha value is -1.07. The molecule has 1 unspecified atom stereocenters. The van der Waals surface area contributed by atoms with E-state index >= 15 is 0 Å². The minimum absolute atomic E-state index is 0.237. The topological polar surface area (TPSA) is 62.2 Å². The van der Waals surface area contributed by atoms with Crippen LogP contribution < -0.4 is 5.32 Å². The normalized spacial score (nSPS) is 19.4. The van der Waals surface area contributed by atoms with Gasteiger partial charge < -0.3 is 10.4 Å². The molecule has 1 aliphatic rings. The third-order valence-electron chi connectivity index (χ3n) is 2.83. The molecule has 0 spiro atoms. The molecule has 0 saturated carbocycles. The SMILES string of the molecule is O=C(O)c1ccc(CNCC2CCSC2)nc1. The van der Waals surface area contributed by atoms with Crippen LogP contribution in [0.1, 0.15) is 22.5 Å². The molecule has 1 atom stereocenters. The van der Waals surface area contributed by atoms with Crippen molar-refractivity contribution in [2.75, 3.05) is 18.1 Å². The Morgan fingerprint density at radius 1 is 1.59 bits per heavy atom. The zero-order valence-electron chi connectivity index (χ0n) is 9.56. The lowest BCUT2D eigenvalue weighted by Gasteiger charge is -2.09. The minimum atomic E-state index is -0.931. The molecule has 4 nitrogen and oxygen atoms in total. The van der Waals surface area contributed by atoms with Gasteiger partial charge in [-0.15, -0.1) is 0 Å². The van der Waals surface area contributed by atoms with Gasteiger partial charge in [-0.25, -0.2) is 4.79 Å². The molecule has 1 aliphatic heterocycles. The summed E-state index contributed by atoms with van der Waals surface area (Å²) in [5.41, 5.74) is 1.13. The minimum Gasteiger partial charge on any atom is -0.478 e. The largest absolute Gasteiger partial charge is 0.478 e. The maximum absolute atomic E-state index is 10.6. The van der Waals surface area contributed by atoms with Crippen molar-refractivity contribution in [3.8, 4) is 0 Å². The number of pyridine rings is 1. The molecule has 92 valence electrons. The summed E-state index contributed by atoms with van der Waals surface area (Å²) in [6, 6.07) is 3.36. The van der Waals surface area contributed by atoms with E-state index in [1.807, 2.05) is 11.8 Å². The molecule has 0 amide bonds. The fourth-order valence-electron chi connectivity index (χ4n) is 1.80. The Bertz CT molecular complexity index is 375. The highest BCUT2D eigenvalue weighted by molar-refractivity contribution is 7.99. The number of carboxylic acids is 1. The second kappa shape index (κ2) is 6.02. The summed E-state index contributed by atoms with van der Waals surface area (Å²) in [6.45, 7) is 1.73. The lowest BCUT2D eigenvalue weighted by atomic mass is 10.1. The number of rotatable bonds is 5. The summed E-state index contributed by atoms with van der Waals surface area (Å²) in [7, 11) is 0.